The summed E-state index contributed by atoms with van der Waals surface area (Å²) in [5.74, 6) is -4.82. The zero-order chi connectivity index (χ0) is 23.3. The van der Waals surface area contributed by atoms with E-state index in [1.807, 2.05) is 0 Å². The first kappa shape index (κ1) is 26.6. The number of guanidine groups is 1. The van der Waals surface area contributed by atoms with Crippen molar-refractivity contribution in [1.29, 1.82) is 0 Å². The van der Waals surface area contributed by atoms with Gasteiger partial charge < -0.3 is 43.4 Å². The fraction of sp³-hybridized carbons (Fsp3) is 0.625. The van der Waals surface area contributed by atoms with Crippen LogP contribution in [0, 0.1) is 0 Å². The van der Waals surface area contributed by atoms with Gasteiger partial charge in [-0.3, -0.25) is 29.0 Å². The monoisotopic (exact) mass is 431 g/mol. The molecule has 3 atom stereocenters. The molecule has 11 N–H and O–H groups in total. The van der Waals surface area contributed by atoms with Crippen LogP contribution in [-0.2, 0) is 24.0 Å². The average molecular weight is 431 g/mol. The molecule has 0 aliphatic heterocycles. The van der Waals surface area contributed by atoms with Crippen molar-refractivity contribution in [2.24, 2.45) is 22.2 Å². The van der Waals surface area contributed by atoms with Gasteiger partial charge in [0.1, 0.15) is 12.1 Å². The standard InChI is InChI=1S/C16H29N7O7/c1-8(15(29)30)22-14(28)10(4-5-12(25)26)23-11(24)7-21-13(27)9(17)3-2-6-20-16(18)19/h8-10H,2-7,17H2,1H3,(H,21,27)(H,22,28)(H,23,24)(H,25,26)(H,29,30)(H4,18,19,20). The minimum atomic E-state index is -1.30. The van der Waals surface area contributed by atoms with Crippen molar-refractivity contribution in [3.8, 4) is 0 Å². The van der Waals surface area contributed by atoms with E-state index in [4.69, 9.17) is 27.4 Å². The normalized spacial score (nSPS) is 13.3. The van der Waals surface area contributed by atoms with Crippen molar-refractivity contribution in [2.45, 2.75) is 50.7 Å². The van der Waals surface area contributed by atoms with E-state index in [1.165, 1.54) is 6.92 Å². The van der Waals surface area contributed by atoms with Crippen LogP contribution in [0.3, 0.4) is 0 Å². The van der Waals surface area contributed by atoms with E-state index in [1.54, 1.807) is 0 Å². The third kappa shape index (κ3) is 12.1. The van der Waals surface area contributed by atoms with E-state index >= 15 is 0 Å². The van der Waals surface area contributed by atoms with Gasteiger partial charge in [-0.25, -0.2) is 0 Å². The summed E-state index contributed by atoms with van der Waals surface area (Å²) >= 11 is 0. The van der Waals surface area contributed by atoms with Crippen molar-refractivity contribution >= 4 is 35.6 Å². The van der Waals surface area contributed by atoms with E-state index in [0.717, 1.165) is 0 Å². The van der Waals surface area contributed by atoms with E-state index in [-0.39, 0.29) is 18.8 Å². The van der Waals surface area contributed by atoms with Gasteiger partial charge in [-0.1, -0.05) is 0 Å². The Labute approximate surface area is 172 Å². The highest BCUT2D eigenvalue weighted by molar-refractivity contribution is 5.92. The lowest BCUT2D eigenvalue weighted by molar-refractivity contribution is -0.142. The molecule has 0 aromatic carbocycles. The summed E-state index contributed by atoms with van der Waals surface area (Å²) in [5, 5.41) is 24.3. The average Bonchev–Trinajstić information content (AvgIpc) is 2.65. The lowest BCUT2D eigenvalue weighted by Crippen LogP contribution is -2.53. The largest absolute Gasteiger partial charge is 0.481 e. The number of hydrogen-bond acceptors (Lipinski definition) is 7. The number of aliphatic imine (C=N–C) groups is 1. The van der Waals surface area contributed by atoms with Gasteiger partial charge in [-0.15, -0.1) is 0 Å². The number of carbonyl (C=O) groups excluding carboxylic acids is 3. The van der Waals surface area contributed by atoms with Gasteiger partial charge in [0, 0.05) is 13.0 Å². The number of carboxylic acids is 2. The first-order chi connectivity index (χ1) is 13.9. The molecule has 0 aromatic rings. The molecule has 30 heavy (non-hydrogen) atoms. The Balaban J connectivity index is 4.63. The summed E-state index contributed by atoms with van der Waals surface area (Å²) in [6.07, 6.45) is 0.00315. The fourth-order valence-corrected chi connectivity index (χ4v) is 2.11. The van der Waals surface area contributed by atoms with Gasteiger partial charge in [0.05, 0.1) is 12.6 Å². The second-order valence-electron chi connectivity index (χ2n) is 6.39. The van der Waals surface area contributed by atoms with Gasteiger partial charge in [0.15, 0.2) is 5.96 Å². The second kappa shape index (κ2) is 13.7. The Kier molecular flexibility index (Phi) is 12.1. The van der Waals surface area contributed by atoms with Crippen LogP contribution in [0.15, 0.2) is 4.99 Å². The molecule has 3 unspecified atom stereocenters. The Bertz CT molecular complexity index is 664. The van der Waals surface area contributed by atoms with E-state index in [2.05, 4.69) is 20.9 Å². The first-order valence-electron chi connectivity index (χ1n) is 9.07. The number of carbonyl (C=O) groups is 5. The van der Waals surface area contributed by atoms with Gasteiger partial charge in [0.25, 0.3) is 0 Å². The molecule has 0 aliphatic rings. The van der Waals surface area contributed by atoms with Crippen LogP contribution < -0.4 is 33.2 Å². The van der Waals surface area contributed by atoms with E-state index in [9.17, 15) is 24.0 Å². The lowest BCUT2D eigenvalue weighted by atomic mass is 10.1. The summed E-state index contributed by atoms with van der Waals surface area (Å²) in [7, 11) is 0. The van der Waals surface area contributed by atoms with Crippen molar-refractivity contribution in [3.63, 3.8) is 0 Å². The van der Waals surface area contributed by atoms with Crippen LogP contribution in [0.25, 0.3) is 0 Å². The van der Waals surface area contributed by atoms with Crippen LogP contribution in [-0.4, -0.2) is 77.0 Å². The number of nitrogens with two attached hydrogens (primary N) is 3. The maximum absolute atomic E-state index is 12.1. The summed E-state index contributed by atoms with van der Waals surface area (Å²) < 4.78 is 0. The zero-order valence-electron chi connectivity index (χ0n) is 16.6. The molecule has 0 bridgehead atoms. The molecule has 0 fully saturated rings. The van der Waals surface area contributed by atoms with Crippen molar-refractivity contribution < 1.29 is 34.2 Å². The smallest absolute Gasteiger partial charge is 0.325 e. The molecule has 0 spiro atoms. The summed E-state index contributed by atoms with van der Waals surface area (Å²) in [6, 6.07) is -3.44. The topological polar surface area (TPSA) is 252 Å². The first-order valence-corrected chi connectivity index (χ1v) is 9.07. The molecule has 0 saturated carbocycles. The maximum atomic E-state index is 12.1. The lowest BCUT2D eigenvalue weighted by Gasteiger charge is -2.20. The van der Waals surface area contributed by atoms with E-state index in [0.29, 0.717) is 13.0 Å². The van der Waals surface area contributed by atoms with E-state index < -0.39 is 60.8 Å². The number of nitrogens with one attached hydrogen (secondary N) is 3. The van der Waals surface area contributed by atoms with Gasteiger partial charge >= 0.3 is 11.9 Å². The molecule has 0 saturated heterocycles. The number of hydrogen-bond donors (Lipinski definition) is 8. The SMILES string of the molecule is CC(NC(=O)C(CCC(=O)O)NC(=O)CNC(=O)C(N)CCCN=C(N)N)C(=O)O. The highest BCUT2D eigenvalue weighted by Gasteiger charge is 2.25. The minimum Gasteiger partial charge on any atom is -0.481 e. The van der Waals surface area contributed by atoms with Gasteiger partial charge in [-0.05, 0) is 26.2 Å². The Morgan fingerprint density at radius 3 is 2.17 bits per heavy atom. The third-order valence-electron chi connectivity index (χ3n) is 3.76. The van der Waals surface area contributed by atoms with Gasteiger partial charge in [0.2, 0.25) is 17.7 Å². The molecule has 0 aromatic heterocycles. The minimum absolute atomic E-state index is 0.0797. The summed E-state index contributed by atoms with van der Waals surface area (Å²) in [5.41, 5.74) is 16.0. The van der Waals surface area contributed by atoms with Crippen molar-refractivity contribution in [1.82, 2.24) is 16.0 Å². The summed E-state index contributed by atoms with van der Waals surface area (Å²) in [4.78, 5) is 61.4. The highest BCUT2D eigenvalue weighted by atomic mass is 16.4. The highest BCUT2D eigenvalue weighted by Crippen LogP contribution is 2.00. The molecule has 14 heteroatoms. The number of aliphatic carboxylic acids is 2. The second-order valence-corrected chi connectivity index (χ2v) is 6.39. The molecule has 0 radical (unpaired) electrons. The molecular formula is C16H29N7O7. The molecule has 0 aliphatic carbocycles. The van der Waals surface area contributed by atoms with Gasteiger partial charge in [-0.2, -0.15) is 0 Å². The molecular weight excluding hydrogens is 402 g/mol. The van der Waals surface area contributed by atoms with Crippen LogP contribution in [0.5, 0.6) is 0 Å². The molecule has 0 heterocycles. The number of nitrogens with zero attached hydrogens (tertiary/aromatic N) is 1. The zero-order valence-corrected chi connectivity index (χ0v) is 16.6. The Morgan fingerprint density at radius 2 is 1.63 bits per heavy atom. The fourth-order valence-electron chi connectivity index (χ4n) is 2.11. The quantitative estimate of drug-likeness (QED) is 0.0762. The Morgan fingerprint density at radius 1 is 1.00 bits per heavy atom. The molecule has 170 valence electrons. The van der Waals surface area contributed by atoms with Crippen molar-refractivity contribution in [3.05, 3.63) is 0 Å². The Hall–Kier alpha value is -3.42. The molecule has 3 amide bonds. The summed E-state index contributed by atoms with van der Waals surface area (Å²) in [6.45, 7) is 0.996. The number of rotatable bonds is 14. The van der Waals surface area contributed by atoms with Crippen LogP contribution >= 0.6 is 0 Å². The molecule has 14 nitrogen and oxygen atoms in total. The number of amides is 3. The number of carboxylic acid groups (broad SMARTS) is 2. The van der Waals surface area contributed by atoms with Crippen LogP contribution in [0.2, 0.25) is 0 Å². The van der Waals surface area contributed by atoms with Crippen LogP contribution in [0.4, 0.5) is 0 Å². The third-order valence-corrected chi connectivity index (χ3v) is 3.76. The van der Waals surface area contributed by atoms with Crippen LogP contribution in [0.1, 0.15) is 32.6 Å². The predicted molar refractivity (Wildman–Crippen MR) is 105 cm³/mol. The predicted octanol–water partition coefficient (Wildman–Crippen LogP) is -3.58. The molecule has 0 rings (SSSR count). The van der Waals surface area contributed by atoms with Crippen molar-refractivity contribution in [2.75, 3.05) is 13.1 Å². The maximum Gasteiger partial charge on any atom is 0.325 e.